The highest BCUT2D eigenvalue weighted by Crippen LogP contribution is 2.32. The van der Waals surface area contributed by atoms with Crippen LogP contribution in [-0.4, -0.2) is 48.8 Å². The molecule has 2 aliphatic heterocycles. The molecule has 13 heavy (non-hydrogen) atoms. The van der Waals surface area contributed by atoms with Crippen LogP contribution in [0.2, 0.25) is 0 Å². The van der Waals surface area contributed by atoms with E-state index in [0.717, 1.165) is 12.1 Å². The molecule has 0 N–H and O–H groups in total. The van der Waals surface area contributed by atoms with Crippen LogP contribution in [-0.2, 0) is 0 Å². The maximum Gasteiger partial charge on any atom is 0.0411 e. The summed E-state index contributed by atoms with van der Waals surface area (Å²) in [6, 6.07) is 1.55. The van der Waals surface area contributed by atoms with Crippen LogP contribution in [0.4, 0.5) is 0 Å². The van der Waals surface area contributed by atoms with Gasteiger partial charge in [-0.3, -0.25) is 4.90 Å². The third-order valence-corrected chi connectivity index (χ3v) is 3.27. The van der Waals surface area contributed by atoms with Crippen molar-refractivity contribution in [2.75, 3.05) is 21.1 Å². The summed E-state index contributed by atoms with van der Waals surface area (Å²) in [7, 11) is 6.27. The van der Waals surface area contributed by atoms with Crippen molar-refractivity contribution in [3.63, 3.8) is 0 Å². The summed E-state index contributed by atoms with van der Waals surface area (Å²) in [5.74, 6) is 0. The molecule has 0 amide bonds. The van der Waals surface area contributed by atoms with E-state index < -0.39 is 0 Å². The Labute approximate surface area is 80.4 Å². The summed E-state index contributed by atoms with van der Waals surface area (Å²) in [5.41, 5.74) is 1.40. The maximum atomic E-state index is 4.54. The molecule has 2 saturated heterocycles. The van der Waals surface area contributed by atoms with E-state index in [9.17, 15) is 0 Å². The molecular weight excluding hydrogens is 162 g/mol. The molecule has 0 saturated carbocycles. The second-order valence-corrected chi connectivity index (χ2v) is 4.47. The van der Waals surface area contributed by atoms with E-state index in [4.69, 9.17) is 0 Å². The number of hydrazone groups is 1. The first kappa shape index (κ1) is 9.00. The summed E-state index contributed by atoms with van der Waals surface area (Å²) in [6.07, 6.45) is 5.11. The average Bonchev–Trinajstić information content (AvgIpc) is 2.33. The van der Waals surface area contributed by atoms with Gasteiger partial charge in [-0.25, -0.2) is 0 Å². The minimum absolute atomic E-state index is 0.775. The highest BCUT2D eigenvalue weighted by molar-refractivity contribution is 5.86. The number of hydrogen-bond acceptors (Lipinski definition) is 3. The van der Waals surface area contributed by atoms with Gasteiger partial charge in [0.25, 0.3) is 0 Å². The first-order valence-electron chi connectivity index (χ1n) is 5.12. The lowest BCUT2D eigenvalue weighted by molar-refractivity contribution is 0.228. The van der Waals surface area contributed by atoms with Gasteiger partial charge in [0.2, 0.25) is 0 Å². The Bertz CT molecular complexity index is 206. The van der Waals surface area contributed by atoms with Crippen molar-refractivity contribution in [2.45, 2.75) is 37.8 Å². The van der Waals surface area contributed by atoms with Gasteiger partial charge in [0.05, 0.1) is 0 Å². The highest BCUT2D eigenvalue weighted by atomic mass is 15.4. The Morgan fingerprint density at radius 3 is 2.23 bits per heavy atom. The summed E-state index contributed by atoms with van der Waals surface area (Å²) in [6.45, 7) is 0. The van der Waals surface area contributed by atoms with E-state index in [2.05, 4.69) is 17.0 Å². The molecule has 3 nitrogen and oxygen atoms in total. The molecule has 0 spiro atoms. The Kier molecular flexibility index (Phi) is 2.28. The maximum absolute atomic E-state index is 4.54. The lowest BCUT2D eigenvalue weighted by atomic mass is 10.0. The molecule has 2 unspecified atom stereocenters. The van der Waals surface area contributed by atoms with Crippen molar-refractivity contribution >= 4 is 5.71 Å². The fourth-order valence-corrected chi connectivity index (χ4v) is 2.57. The molecule has 74 valence electrons. The second-order valence-electron chi connectivity index (χ2n) is 4.47. The lowest BCUT2D eigenvalue weighted by Crippen LogP contribution is -2.40. The fourth-order valence-electron chi connectivity index (χ4n) is 2.57. The zero-order valence-electron chi connectivity index (χ0n) is 8.82. The van der Waals surface area contributed by atoms with Gasteiger partial charge < -0.3 is 5.01 Å². The van der Waals surface area contributed by atoms with Crippen LogP contribution in [0.1, 0.15) is 25.7 Å². The molecule has 2 aliphatic rings. The monoisotopic (exact) mass is 181 g/mol. The molecule has 2 fully saturated rings. The van der Waals surface area contributed by atoms with Gasteiger partial charge in [0, 0.05) is 44.7 Å². The first-order chi connectivity index (χ1) is 6.16. The Balaban J connectivity index is 2.06. The SMILES string of the molecule is CN(C)N=C1CC2CCC(C1)N2C. The predicted octanol–water partition coefficient (Wildman–Crippen LogP) is 1.16. The van der Waals surface area contributed by atoms with E-state index >= 15 is 0 Å². The van der Waals surface area contributed by atoms with E-state index in [1.807, 2.05) is 19.1 Å². The van der Waals surface area contributed by atoms with Gasteiger partial charge in [-0.05, 0) is 19.9 Å². The zero-order chi connectivity index (χ0) is 9.42. The fraction of sp³-hybridized carbons (Fsp3) is 0.900. The smallest absolute Gasteiger partial charge is 0.0411 e. The first-order valence-corrected chi connectivity index (χ1v) is 5.12. The van der Waals surface area contributed by atoms with Gasteiger partial charge >= 0.3 is 0 Å². The van der Waals surface area contributed by atoms with Crippen molar-refractivity contribution in [3.05, 3.63) is 0 Å². The summed E-state index contributed by atoms with van der Waals surface area (Å²) in [4.78, 5) is 2.54. The largest absolute Gasteiger partial charge is 0.303 e. The summed E-state index contributed by atoms with van der Waals surface area (Å²) < 4.78 is 0. The molecule has 2 atom stereocenters. The molecule has 0 radical (unpaired) electrons. The quantitative estimate of drug-likeness (QED) is 0.565. The standard InChI is InChI=1S/C10H19N3/c1-12(2)11-8-6-9-4-5-10(7-8)13(9)3/h9-10H,4-7H2,1-3H3. The molecule has 2 bridgehead atoms. The second kappa shape index (κ2) is 3.29. The molecule has 0 aromatic heterocycles. The van der Waals surface area contributed by atoms with Crippen LogP contribution >= 0.6 is 0 Å². The molecule has 2 rings (SSSR count). The van der Waals surface area contributed by atoms with Crippen molar-refractivity contribution in [1.82, 2.24) is 9.91 Å². The van der Waals surface area contributed by atoms with E-state index in [-0.39, 0.29) is 0 Å². The average molecular weight is 181 g/mol. The number of nitrogens with zero attached hydrogens (tertiary/aromatic N) is 3. The van der Waals surface area contributed by atoms with Crippen LogP contribution in [0.15, 0.2) is 5.10 Å². The molecule has 3 heteroatoms. The molecule has 2 heterocycles. The molecule has 0 aromatic carbocycles. The van der Waals surface area contributed by atoms with E-state index in [0.29, 0.717) is 0 Å². The summed E-state index contributed by atoms with van der Waals surface area (Å²) >= 11 is 0. The van der Waals surface area contributed by atoms with Gasteiger partial charge in [0.1, 0.15) is 0 Å². The normalized spacial score (nSPS) is 33.6. The predicted molar refractivity (Wildman–Crippen MR) is 54.9 cm³/mol. The van der Waals surface area contributed by atoms with Gasteiger partial charge in [-0.2, -0.15) is 5.10 Å². The lowest BCUT2D eigenvalue weighted by Gasteiger charge is -2.32. The Hall–Kier alpha value is -0.570. The van der Waals surface area contributed by atoms with Crippen LogP contribution in [0.3, 0.4) is 0 Å². The van der Waals surface area contributed by atoms with Crippen LogP contribution < -0.4 is 0 Å². The van der Waals surface area contributed by atoms with Gasteiger partial charge in [0.15, 0.2) is 0 Å². The zero-order valence-corrected chi connectivity index (χ0v) is 8.82. The van der Waals surface area contributed by atoms with E-state index in [1.54, 1.807) is 0 Å². The third-order valence-electron chi connectivity index (χ3n) is 3.27. The minimum atomic E-state index is 0.775. The number of hydrogen-bond donors (Lipinski definition) is 0. The summed E-state index contributed by atoms with van der Waals surface area (Å²) in [5, 5.41) is 6.47. The van der Waals surface area contributed by atoms with Crippen molar-refractivity contribution in [3.8, 4) is 0 Å². The molecule has 0 aromatic rings. The number of fused-ring (bicyclic) bond motifs is 2. The molecule has 0 aliphatic carbocycles. The topological polar surface area (TPSA) is 18.8 Å². The minimum Gasteiger partial charge on any atom is -0.303 e. The van der Waals surface area contributed by atoms with Crippen molar-refractivity contribution < 1.29 is 0 Å². The third kappa shape index (κ3) is 1.70. The van der Waals surface area contributed by atoms with Crippen molar-refractivity contribution in [2.24, 2.45) is 5.10 Å². The van der Waals surface area contributed by atoms with Crippen LogP contribution in [0, 0.1) is 0 Å². The van der Waals surface area contributed by atoms with Crippen LogP contribution in [0.25, 0.3) is 0 Å². The van der Waals surface area contributed by atoms with Gasteiger partial charge in [-0.15, -0.1) is 0 Å². The highest BCUT2D eigenvalue weighted by Gasteiger charge is 2.36. The number of rotatable bonds is 1. The van der Waals surface area contributed by atoms with E-state index in [1.165, 1.54) is 31.4 Å². The Morgan fingerprint density at radius 1 is 1.23 bits per heavy atom. The van der Waals surface area contributed by atoms with Crippen molar-refractivity contribution in [1.29, 1.82) is 0 Å². The Morgan fingerprint density at radius 2 is 1.77 bits per heavy atom. The number of piperidine rings is 1. The van der Waals surface area contributed by atoms with Crippen LogP contribution in [0.5, 0.6) is 0 Å². The van der Waals surface area contributed by atoms with Gasteiger partial charge in [-0.1, -0.05) is 0 Å². The molecular formula is C10H19N3.